The summed E-state index contributed by atoms with van der Waals surface area (Å²) in [6.45, 7) is 2.57. The molecule has 0 aliphatic carbocycles. The maximum atomic E-state index is 11.5. The number of nitrogens with two attached hydrogens (primary N) is 1. The van der Waals surface area contributed by atoms with E-state index in [4.69, 9.17) is 15.2 Å². The maximum absolute atomic E-state index is 11.5. The Morgan fingerprint density at radius 1 is 1.53 bits per heavy atom. The Hall–Kier alpha value is -1.59. The number of benzene rings is 1. The summed E-state index contributed by atoms with van der Waals surface area (Å²) in [4.78, 5) is 11.5. The van der Waals surface area contributed by atoms with Crippen molar-refractivity contribution in [2.75, 3.05) is 19.0 Å². The first kappa shape index (κ1) is 13.5. The van der Waals surface area contributed by atoms with Gasteiger partial charge in [-0.15, -0.1) is 0 Å². The minimum Gasteiger partial charge on any atom is -0.444 e. The number of hydrogen-bond donors (Lipinski definition) is 2. The SMILES string of the molecule is COCC(C)OC(=O)Nc1cccc(CN)c1. The van der Waals surface area contributed by atoms with Crippen molar-refractivity contribution in [1.29, 1.82) is 0 Å². The first-order valence-electron chi connectivity index (χ1n) is 5.41. The van der Waals surface area contributed by atoms with Gasteiger partial charge < -0.3 is 15.2 Å². The molecule has 17 heavy (non-hydrogen) atoms. The van der Waals surface area contributed by atoms with Gasteiger partial charge in [-0.05, 0) is 24.6 Å². The molecule has 1 aromatic rings. The molecule has 0 saturated heterocycles. The van der Waals surface area contributed by atoms with Gasteiger partial charge in [0.1, 0.15) is 6.10 Å². The fourth-order valence-corrected chi connectivity index (χ4v) is 1.37. The average Bonchev–Trinajstić information content (AvgIpc) is 2.29. The van der Waals surface area contributed by atoms with Gasteiger partial charge >= 0.3 is 6.09 Å². The molecular weight excluding hydrogens is 220 g/mol. The molecule has 1 aromatic carbocycles. The molecule has 1 atom stereocenters. The van der Waals surface area contributed by atoms with Crippen LogP contribution in [0, 0.1) is 0 Å². The van der Waals surface area contributed by atoms with Crippen molar-refractivity contribution < 1.29 is 14.3 Å². The summed E-state index contributed by atoms with van der Waals surface area (Å²) < 4.78 is 9.93. The van der Waals surface area contributed by atoms with Crippen molar-refractivity contribution in [3.8, 4) is 0 Å². The van der Waals surface area contributed by atoms with Gasteiger partial charge in [0.05, 0.1) is 6.61 Å². The van der Waals surface area contributed by atoms with E-state index in [1.54, 1.807) is 20.1 Å². The second-order valence-electron chi connectivity index (χ2n) is 3.70. The molecule has 0 radical (unpaired) electrons. The summed E-state index contributed by atoms with van der Waals surface area (Å²) in [5.74, 6) is 0. The van der Waals surface area contributed by atoms with Crippen molar-refractivity contribution in [2.45, 2.75) is 19.6 Å². The van der Waals surface area contributed by atoms with Gasteiger partial charge in [-0.3, -0.25) is 5.32 Å². The van der Waals surface area contributed by atoms with Crippen LogP contribution < -0.4 is 11.1 Å². The van der Waals surface area contributed by atoms with Crippen molar-refractivity contribution in [2.24, 2.45) is 5.73 Å². The number of hydrogen-bond acceptors (Lipinski definition) is 4. The summed E-state index contributed by atoms with van der Waals surface area (Å²) in [6, 6.07) is 7.31. The van der Waals surface area contributed by atoms with Gasteiger partial charge in [0.25, 0.3) is 0 Å². The van der Waals surface area contributed by atoms with Crippen LogP contribution in [0.5, 0.6) is 0 Å². The molecule has 1 amide bonds. The number of amides is 1. The largest absolute Gasteiger partial charge is 0.444 e. The molecular formula is C12H18N2O3. The van der Waals surface area contributed by atoms with Crippen molar-refractivity contribution >= 4 is 11.8 Å². The molecule has 0 fully saturated rings. The van der Waals surface area contributed by atoms with Crippen LogP contribution in [0.1, 0.15) is 12.5 Å². The van der Waals surface area contributed by atoms with Crippen molar-refractivity contribution in [3.63, 3.8) is 0 Å². The third kappa shape index (κ3) is 4.84. The first-order chi connectivity index (χ1) is 8.15. The first-order valence-corrected chi connectivity index (χ1v) is 5.41. The molecule has 5 heteroatoms. The molecule has 0 saturated carbocycles. The summed E-state index contributed by atoms with van der Waals surface area (Å²) in [7, 11) is 1.56. The number of rotatable bonds is 5. The molecule has 0 bridgehead atoms. The highest BCUT2D eigenvalue weighted by Crippen LogP contribution is 2.10. The second kappa shape index (κ2) is 6.88. The zero-order chi connectivity index (χ0) is 12.7. The van der Waals surface area contributed by atoms with Gasteiger partial charge in [-0.25, -0.2) is 4.79 Å². The third-order valence-electron chi connectivity index (χ3n) is 2.12. The zero-order valence-electron chi connectivity index (χ0n) is 10.1. The van der Waals surface area contributed by atoms with Crippen LogP contribution in [-0.2, 0) is 16.0 Å². The molecule has 94 valence electrons. The lowest BCUT2D eigenvalue weighted by Gasteiger charge is -2.13. The van der Waals surface area contributed by atoms with Crippen LogP contribution in [-0.4, -0.2) is 25.9 Å². The molecule has 1 rings (SSSR count). The molecule has 1 unspecified atom stereocenters. The quantitative estimate of drug-likeness (QED) is 0.819. The van der Waals surface area contributed by atoms with Gasteiger partial charge in [-0.1, -0.05) is 12.1 Å². The molecule has 3 N–H and O–H groups in total. The minimum atomic E-state index is -0.497. The van der Waals surface area contributed by atoms with Crippen LogP contribution in [0.15, 0.2) is 24.3 Å². The van der Waals surface area contributed by atoms with Crippen molar-refractivity contribution in [1.82, 2.24) is 0 Å². The summed E-state index contributed by atoms with van der Waals surface area (Å²) in [5, 5.41) is 2.63. The monoisotopic (exact) mass is 238 g/mol. The van der Waals surface area contributed by atoms with Crippen LogP contribution in [0.2, 0.25) is 0 Å². The molecule has 0 heterocycles. The van der Waals surface area contributed by atoms with E-state index in [9.17, 15) is 4.79 Å². The van der Waals surface area contributed by atoms with Crippen LogP contribution in [0.4, 0.5) is 10.5 Å². The van der Waals surface area contributed by atoms with E-state index in [1.807, 2.05) is 18.2 Å². The number of carbonyl (C=O) groups is 1. The standard InChI is InChI=1S/C12H18N2O3/c1-9(8-16-2)17-12(15)14-11-5-3-4-10(6-11)7-13/h3-6,9H,7-8,13H2,1-2H3,(H,14,15). The van der Waals surface area contributed by atoms with Gasteiger partial charge in [-0.2, -0.15) is 0 Å². The lowest BCUT2D eigenvalue weighted by molar-refractivity contribution is 0.0564. The smallest absolute Gasteiger partial charge is 0.411 e. The summed E-state index contributed by atoms with van der Waals surface area (Å²) in [6.07, 6.45) is -0.776. The Morgan fingerprint density at radius 3 is 2.94 bits per heavy atom. The summed E-state index contributed by atoms with van der Waals surface area (Å²) >= 11 is 0. The number of methoxy groups -OCH3 is 1. The Morgan fingerprint density at radius 2 is 2.29 bits per heavy atom. The number of carbonyl (C=O) groups excluding carboxylic acids is 1. The second-order valence-corrected chi connectivity index (χ2v) is 3.70. The van der Waals surface area contributed by atoms with Gasteiger partial charge in [0.15, 0.2) is 0 Å². The highest BCUT2D eigenvalue weighted by atomic mass is 16.6. The van der Waals surface area contributed by atoms with E-state index in [-0.39, 0.29) is 6.10 Å². The van der Waals surface area contributed by atoms with Gasteiger partial charge in [0.2, 0.25) is 0 Å². The highest BCUT2D eigenvalue weighted by Gasteiger charge is 2.09. The lowest BCUT2D eigenvalue weighted by Crippen LogP contribution is -2.23. The normalized spacial score (nSPS) is 11.9. The predicted molar refractivity (Wildman–Crippen MR) is 65.8 cm³/mol. The predicted octanol–water partition coefficient (Wildman–Crippen LogP) is 1.73. The molecule has 0 aliphatic rings. The number of nitrogens with one attached hydrogen (secondary N) is 1. The number of ether oxygens (including phenoxy) is 2. The van der Waals surface area contributed by atoms with Crippen LogP contribution in [0.3, 0.4) is 0 Å². The summed E-state index contributed by atoms with van der Waals surface area (Å²) in [5.41, 5.74) is 7.13. The molecule has 0 spiro atoms. The fraction of sp³-hybridized carbons (Fsp3) is 0.417. The van der Waals surface area contributed by atoms with E-state index >= 15 is 0 Å². The van der Waals surface area contributed by atoms with E-state index in [2.05, 4.69) is 5.32 Å². The lowest BCUT2D eigenvalue weighted by atomic mass is 10.2. The van der Waals surface area contributed by atoms with E-state index < -0.39 is 6.09 Å². The Kier molecular flexibility index (Phi) is 5.45. The maximum Gasteiger partial charge on any atom is 0.411 e. The Balaban J connectivity index is 2.49. The van der Waals surface area contributed by atoms with Crippen molar-refractivity contribution in [3.05, 3.63) is 29.8 Å². The van der Waals surface area contributed by atoms with E-state index in [1.165, 1.54) is 0 Å². The molecule has 5 nitrogen and oxygen atoms in total. The fourth-order valence-electron chi connectivity index (χ4n) is 1.37. The molecule has 0 aliphatic heterocycles. The topological polar surface area (TPSA) is 73.6 Å². The minimum absolute atomic E-state index is 0.280. The van der Waals surface area contributed by atoms with Crippen LogP contribution >= 0.6 is 0 Å². The highest BCUT2D eigenvalue weighted by molar-refractivity contribution is 5.84. The van der Waals surface area contributed by atoms with Gasteiger partial charge in [0, 0.05) is 19.3 Å². The zero-order valence-corrected chi connectivity index (χ0v) is 10.1. The van der Waals surface area contributed by atoms with E-state index in [0.29, 0.717) is 18.8 Å². The molecule has 0 aromatic heterocycles. The van der Waals surface area contributed by atoms with E-state index in [0.717, 1.165) is 5.56 Å². The Bertz CT molecular complexity index is 369. The average molecular weight is 238 g/mol. The third-order valence-corrected chi connectivity index (χ3v) is 2.12. The Labute approximate surface area is 101 Å². The van der Waals surface area contributed by atoms with Crippen LogP contribution in [0.25, 0.3) is 0 Å². The number of anilines is 1.